The third kappa shape index (κ3) is 3.89. The second-order valence-electron chi connectivity index (χ2n) is 5.42. The van der Waals surface area contributed by atoms with E-state index in [0.29, 0.717) is 5.92 Å². The van der Waals surface area contributed by atoms with Crippen LogP contribution < -0.4 is 5.73 Å². The van der Waals surface area contributed by atoms with Gasteiger partial charge in [0.2, 0.25) is 0 Å². The van der Waals surface area contributed by atoms with E-state index >= 15 is 0 Å². The van der Waals surface area contributed by atoms with Gasteiger partial charge in [-0.25, -0.2) is 0 Å². The Bertz CT molecular complexity index is 452. The number of halogens is 1. The average molecular weight is 344 g/mol. The van der Waals surface area contributed by atoms with Gasteiger partial charge in [0.1, 0.15) is 0 Å². The normalized spacial score (nSPS) is 29.1. The van der Waals surface area contributed by atoms with Crippen LogP contribution in [0.15, 0.2) is 33.6 Å². The second kappa shape index (κ2) is 7.00. The first kappa shape index (κ1) is 15.2. The minimum atomic E-state index is -0.989. The molecule has 2 nitrogen and oxygen atoms in total. The molecule has 0 spiro atoms. The molecule has 0 bridgehead atoms. The number of hydrogen-bond donors (Lipinski definition) is 1. The summed E-state index contributed by atoms with van der Waals surface area (Å²) in [6.07, 6.45) is 5.65. The SMILES string of the molecule is CCCC1CCC(N)C(S(=O)c2cccc(Br)c2)C1. The zero-order valence-electron chi connectivity index (χ0n) is 11.3. The minimum absolute atomic E-state index is 0.0768. The summed E-state index contributed by atoms with van der Waals surface area (Å²) in [4.78, 5) is 0.895. The fourth-order valence-corrected chi connectivity index (χ4v) is 5.18. The van der Waals surface area contributed by atoms with E-state index in [4.69, 9.17) is 5.73 Å². The summed E-state index contributed by atoms with van der Waals surface area (Å²) >= 11 is 3.44. The molecule has 1 aromatic carbocycles. The Balaban J connectivity index is 2.12. The monoisotopic (exact) mass is 343 g/mol. The lowest BCUT2D eigenvalue weighted by molar-refractivity contribution is 0.313. The maximum Gasteiger partial charge on any atom is 0.0577 e. The zero-order chi connectivity index (χ0) is 13.8. The fraction of sp³-hybridized carbons (Fsp3) is 0.600. The van der Waals surface area contributed by atoms with E-state index in [1.165, 1.54) is 19.3 Å². The van der Waals surface area contributed by atoms with Crippen LogP contribution in [0.3, 0.4) is 0 Å². The highest BCUT2D eigenvalue weighted by atomic mass is 79.9. The molecule has 0 saturated heterocycles. The fourth-order valence-electron chi connectivity index (χ4n) is 2.92. The molecule has 2 N–H and O–H groups in total. The molecule has 1 fully saturated rings. The molecule has 4 atom stereocenters. The van der Waals surface area contributed by atoms with Crippen molar-refractivity contribution >= 4 is 26.7 Å². The van der Waals surface area contributed by atoms with E-state index in [1.54, 1.807) is 0 Å². The molecule has 0 amide bonds. The summed E-state index contributed by atoms with van der Waals surface area (Å²) in [6, 6.07) is 7.87. The standard InChI is InChI=1S/C15H22BrNOS/c1-2-4-11-7-8-14(17)15(9-11)19(18)13-6-3-5-12(16)10-13/h3,5-6,10-11,14-15H,2,4,7-9,17H2,1H3. The average Bonchev–Trinajstić information content (AvgIpc) is 2.40. The van der Waals surface area contributed by atoms with Crippen molar-refractivity contribution in [1.29, 1.82) is 0 Å². The van der Waals surface area contributed by atoms with Crippen LogP contribution in [0, 0.1) is 5.92 Å². The van der Waals surface area contributed by atoms with E-state index in [0.717, 1.165) is 22.2 Å². The highest BCUT2D eigenvalue weighted by molar-refractivity contribution is 9.10. The predicted molar refractivity (Wildman–Crippen MR) is 84.6 cm³/mol. The molecule has 0 radical (unpaired) electrons. The molecule has 4 unspecified atom stereocenters. The highest BCUT2D eigenvalue weighted by Gasteiger charge is 2.32. The van der Waals surface area contributed by atoms with E-state index in [9.17, 15) is 4.21 Å². The molecule has 1 aliphatic rings. The Hall–Kier alpha value is -0.190. The third-order valence-electron chi connectivity index (χ3n) is 3.95. The quantitative estimate of drug-likeness (QED) is 0.901. The van der Waals surface area contributed by atoms with Crippen LogP contribution in [0.2, 0.25) is 0 Å². The molecule has 106 valence electrons. The van der Waals surface area contributed by atoms with Gasteiger partial charge in [0.05, 0.1) is 16.0 Å². The van der Waals surface area contributed by atoms with Crippen molar-refractivity contribution in [1.82, 2.24) is 0 Å². The maximum atomic E-state index is 12.7. The number of hydrogen-bond acceptors (Lipinski definition) is 2. The summed E-state index contributed by atoms with van der Waals surface area (Å²) in [5, 5.41) is 0.111. The van der Waals surface area contributed by atoms with E-state index in [2.05, 4.69) is 22.9 Å². The van der Waals surface area contributed by atoms with Crippen molar-refractivity contribution in [3.8, 4) is 0 Å². The lowest BCUT2D eigenvalue weighted by Crippen LogP contribution is -2.43. The molecular formula is C15H22BrNOS. The van der Waals surface area contributed by atoms with E-state index < -0.39 is 10.8 Å². The lowest BCUT2D eigenvalue weighted by Gasteiger charge is -2.33. The van der Waals surface area contributed by atoms with Crippen molar-refractivity contribution in [2.24, 2.45) is 11.7 Å². The van der Waals surface area contributed by atoms with Gasteiger partial charge in [-0.3, -0.25) is 4.21 Å². The minimum Gasteiger partial charge on any atom is -0.327 e. The Morgan fingerprint density at radius 1 is 1.42 bits per heavy atom. The van der Waals surface area contributed by atoms with E-state index in [1.807, 2.05) is 24.3 Å². The summed E-state index contributed by atoms with van der Waals surface area (Å²) in [6.45, 7) is 2.22. The van der Waals surface area contributed by atoms with Gasteiger partial charge in [0, 0.05) is 15.4 Å². The molecule has 0 aliphatic heterocycles. The summed E-state index contributed by atoms with van der Waals surface area (Å²) in [7, 11) is -0.989. The van der Waals surface area contributed by atoms with Crippen molar-refractivity contribution in [3.05, 3.63) is 28.7 Å². The Kier molecular flexibility index (Phi) is 5.60. The van der Waals surface area contributed by atoms with Gasteiger partial charge in [-0.1, -0.05) is 41.8 Å². The van der Waals surface area contributed by atoms with Crippen LogP contribution in [-0.2, 0) is 10.8 Å². The van der Waals surface area contributed by atoms with Crippen LogP contribution in [0.25, 0.3) is 0 Å². The second-order valence-corrected chi connectivity index (χ2v) is 8.01. The van der Waals surface area contributed by atoms with Crippen molar-refractivity contribution in [2.75, 3.05) is 0 Å². The molecule has 0 heterocycles. The molecule has 4 heteroatoms. The topological polar surface area (TPSA) is 43.1 Å². The molecule has 19 heavy (non-hydrogen) atoms. The molecule has 0 aromatic heterocycles. The predicted octanol–water partition coefficient (Wildman–Crippen LogP) is 3.85. The summed E-state index contributed by atoms with van der Waals surface area (Å²) < 4.78 is 13.7. The van der Waals surface area contributed by atoms with Gasteiger partial charge in [-0.15, -0.1) is 0 Å². The van der Waals surface area contributed by atoms with E-state index in [-0.39, 0.29) is 11.3 Å². The highest BCUT2D eigenvalue weighted by Crippen LogP contribution is 2.32. The maximum absolute atomic E-state index is 12.7. The van der Waals surface area contributed by atoms with Crippen molar-refractivity contribution in [2.45, 2.75) is 55.2 Å². The number of nitrogens with two attached hydrogens (primary N) is 1. The van der Waals surface area contributed by atoms with Gasteiger partial charge < -0.3 is 5.73 Å². The number of rotatable bonds is 4. The molecule has 1 aliphatic carbocycles. The van der Waals surface area contributed by atoms with Gasteiger partial charge in [0.15, 0.2) is 0 Å². The first-order valence-corrected chi connectivity index (χ1v) is 9.04. The Morgan fingerprint density at radius 3 is 2.89 bits per heavy atom. The first-order chi connectivity index (χ1) is 9.11. The van der Waals surface area contributed by atoms with Crippen LogP contribution in [0.4, 0.5) is 0 Å². The van der Waals surface area contributed by atoms with Gasteiger partial charge in [-0.05, 0) is 43.4 Å². The van der Waals surface area contributed by atoms with Crippen molar-refractivity contribution < 1.29 is 4.21 Å². The summed E-state index contributed by atoms with van der Waals surface area (Å²) in [5.74, 6) is 0.700. The molecule has 2 rings (SSSR count). The lowest BCUT2D eigenvalue weighted by atomic mass is 9.83. The largest absolute Gasteiger partial charge is 0.327 e. The van der Waals surface area contributed by atoms with Gasteiger partial charge in [0.25, 0.3) is 0 Å². The molecule has 1 aromatic rings. The van der Waals surface area contributed by atoms with Crippen LogP contribution in [-0.4, -0.2) is 15.5 Å². The molecule has 1 saturated carbocycles. The van der Waals surface area contributed by atoms with Crippen LogP contribution in [0.1, 0.15) is 39.0 Å². The number of benzene rings is 1. The van der Waals surface area contributed by atoms with Gasteiger partial charge in [-0.2, -0.15) is 0 Å². The zero-order valence-corrected chi connectivity index (χ0v) is 13.8. The first-order valence-electron chi connectivity index (χ1n) is 7.03. The van der Waals surface area contributed by atoms with Crippen molar-refractivity contribution in [3.63, 3.8) is 0 Å². The van der Waals surface area contributed by atoms with Crippen LogP contribution >= 0.6 is 15.9 Å². The van der Waals surface area contributed by atoms with Crippen LogP contribution in [0.5, 0.6) is 0 Å². The van der Waals surface area contributed by atoms with Gasteiger partial charge >= 0.3 is 0 Å². The summed E-state index contributed by atoms with van der Waals surface area (Å²) in [5.41, 5.74) is 6.21. The molecular weight excluding hydrogens is 322 g/mol. The Labute approximate surface area is 126 Å². The smallest absolute Gasteiger partial charge is 0.0577 e. The third-order valence-corrected chi connectivity index (χ3v) is 6.26. The Morgan fingerprint density at radius 2 is 2.21 bits per heavy atom.